The molecule has 1 aromatic carbocycles. The summed E-state index contributed by atoms with van der Waals surface area (Å²) >= 11 is 5.84. The Kier molecular flexibility index (Phi) is 3.49. The molecule has 0 aliphatic carbocycles. The molecule has 1 nitrogen and oxygen atoms in total. The average molecular weight is 196 g/mol. The van der Waals surface area contributed by atoms with Crippen LogP contribution in [0, 0.1) is 6.92 Å². The smallest absolute Gasteiger partial charge is 0.0659 e. The molecule has 0 fully saturated rings. The van der Waals surface area contributed by atoms with E-state index in [2.05, 4.69) is 11.9 Å². The van der Waals surface area contributed by atoms with E-state index in [0.29, 0.717) is 0 Å². The van der Waals surface area contributed by atoms with Crippen molar-refractivity contribution >= 4 is 23.0 Å². The second-order valence-electron chi connectivity index (χ2n) is 3.13. The molecule has 1 aromatic rings. The van der Waals surface area contributed by atoms with Crippen LogP contribution in [0.1, 0.15) is 25.8 Å². The molecule has 0 aliphatic rings. The third kappa shape index (κ3) is 2.85. The zero-order valence-corrected chi connectivity index (χ0v) is 9.02. The summed E-state index contributed by atoms with van der Waals surface area (Å²) in [5.74, 6) is 0. The quantitative estimate of drug-likeness (QED) is 0.629. The summed E-state index contributed by atoms with van der Waals surface area (Å²) in [6, 6.07) is 5.76. The first-order chi connectivity index (χ1) is 6.13. The first-order valence-electron chi connectivity index (χ1n) is 4.43. The summed E-state index contributed by atoms with van der Waals surface area (Å²) < 4.78 is 0. The second-order valence-corrected chi connectivity index (χ2v) is 3.57. The van der Waals surface area contributed by atoms with Crippen LogP contribution in [0.15, 0.2) is 23.2 Å². The number of nitrogens with zero attached hydrogens (tertiary/aromatic N) is 1. The summed E-state index contributed by atoms with van der Waals surface area (Å²) in [5, 5.41) is 0.769. The molecule has 0 atom stereocenters. The van der Waals surface area contributed by atoms with Gasteiger partial charge in [-0.2, -0.15) is 0 Å². The fourth-order valence-electron chi connectivity index (χ4n) is 1.03. The van der Waals surface area contributed by atoms with E-state index in [-0.39, 0.29) is 0 Å². The molecule has 0 saturated carbocycles. The van der Waals surface area contributed by atoms with E-state index in [4.69, 9.17) is 11.6 Å². The molecule has 0 spiro atoms. The summed E-state index contributed by atoms with van der Waals surface area (Å²) in [6.45, 7) is 6.16. The van der Waals surface area contributed by atoms with Gasteiger partial charge in [0, 0.05) is 10.7 Å². The lowest BCUT2D eigenvalue weighted by Crippen LogP contribution is -1.86. The lowest BCUT2D eigenvalue weighted by molar-refractivity contribution is 1.24. The third-order valence-electron chi connectivity index (χ3n) is 1.98. The maximum Gasteiger partial charge on any atom is 0.0659 e. The van der Waals surface area contributed by atoms with Crippen molar-refractivity contribution in [2.24, 2.45) is 4.99 Å². The van der Waals surface area contributed by atoms with Gasteiger partial charge in [0.05, 0.1) is 5.69 Å². The first-order valence-corrected chi connectivity index (χ1v) is 4.81. The molecule has 13 heavy (non-hydrogen) atoms. The molecule has 2 heteroatoms. The Morgan fingerprint density at radius 2 is 2.15 bits per heavy atom. The Labute approximate surface area is 84.5 Å². The molecule has 0 N–H and O–H groups in total. The minimum absolute atomic E-state index is 0.769. The molecule has 0 radical (unpaired) electrons. The molecule has 0 aliphatic heterocycles. The molecular weight excluding hydrogens is 182 g/mol. The Morgan fingerprint density at radius 1 is 1.46 bits per heavy atom. The predicted octanol–water partition coefficient (Wildman–Crippen LogP) is 4.15. The largest absolute Gasteiger partial charge is 0.258 e. The van der Waals surface area contributed by atoms with Gasteiger partial charge in [-0.3, -0.25) is 4.99 Å². The molecule has 0 heterocycles. The molecule has 0 bridgehead atoms. The Bertz CT molecular complexity index is 329. The zero-order valence-electron chi connectivity index (χ0n) is 8.26. The minimum Gasteiger partial charge on any atom is -0.258 e. The molecule has 0 unspecified atom stereocenters. The highest BCUT2D eigenvalue weighted by Crippen LogP contribution is 2.22. The zero-order chi connectivity index (χ0) is 9.84. The summed E-state index contributed by atoms with van der Waals surface area (Å²) in [6.07, 6.45) is 0.988. The van der Waals surface area contributed by atoms with Crippen LogP contribution in [-0.4, -0.2) is 5.71 Å². The molecular formula is C11H14ClN. The maximum absolute atomic E-state index is 5.84. The SMILES string of the molecule is CCC(C)=Nc1ccc(Cl)cc1C. The first kappa shape index (κ1) is 10.3. The topological polar surface area (TPSA) is 12.4 Å². The Morgan fingerprint density at radius 3 is 2.69 bits per heavy atom. The highest BCUT2D eigenvalue weighted by atomic mass is 35.5. The fourth-order valence-corrected chi connectivity index (χ4v) is 1.26. The van der Waals surface area contributed by atoms with Crippen molar-refractivity contribution in [3.8, 4) is 0 Å². The molecule has 0 saturated heterocycles. The van der Waals surface area contributed by atoms with E-state index in [1.54, 1.807) is 0 Å². The van der Waals surface area contributed by atoms with Crippen molar-refractivity contribution in [2.75, 3.05) is 0 Å². The van der Waals surface area contributed by atoms with Gasteiger partial charge in [0.1, 0.15) is 0 Å². The third-order valence-corrected chi connectivity index (χ3v) is 2.22. The number of aryl methyl sites for hydroxylation is 1. The van der Waals surface area contributed by atoms with Gasteiger partial charge in [0.25, 0.3) is 0 Å². The van der Waals surface area contributed by atoms with Gasteiger partial charge in [-0.15, -0.1) is 0 Å². The molecule has 0 amide bonds. The molecule has 0 aromatic heterocycles. The van der Waals surface area contributed by atoms with Crippen LogP contribution in [0.3, 0.4) is 0 Å². The maximum atomic E-state index is 5.84. The van der Waals surface area contributed by atoms with Gasteiger partial charge >= 0.3 is 0 Å². The summed E-state index contributed by atoms with van der Waals surface area (Å²) in [5.41, 5.74) is 3.29. The van der Waals surface area contributed by atoms with Crippen molar-refractivity contribution in [1.29, 1.82) is 0 Å². The number of aliphatic imine (C=N–C) groups is 1. The average Bonchev–Trinajstić information content (AvgIpc) is 2.09. The van der Waals surface area contributed by atoms with Crippen LogP contribution in [0.25, 0.3) is 0 Å². The van der Waals surface area contributed by atoms with Gasteiger partial charge in [0.2, 0.25) is 0 Å². The predicted molar refractivity (Wildman–Crippen MR) is 59.2 cm³/mol. The van der Waals surface area contributed by atoms with Crippen molar-refractivity contribution < 1.29 is 0 Å². The Hall–Kier alpha value is -0.820. The Balaban J connectivity index is 3.03. The van der Waals surface area contributed by atoms with Crippen molar-refractivity contribution in [2.45, 2.75) is 27.2 Å². The summed E-state index contributed by atoms with van der Waals surface area (Å²) in [4.78, 5) is 4.48. The van der Waals surface area contributed by atoms with Gasteiger partial charge in [-0.25, -0.2) is 0 Å². The van der Waals surface area contributed by atoms with Gasteiger partial charge in [0.15, 0.2) is 0 Å². The number of benzene rings is 1. The van der Waals surface area contributed by atoms with E-state index in [1.807, 2.05) is 32.0 Å². The highest BCUT2D eigenvalue weighted by Gasteiger charge is 1.97. The van der Waals surface area contributed by atoms with Crippen molar-refractivity contribution in [3.63, 3.8) is 0 Å². The lowest BCUT2D eigenvalue weighted by atomic mass is 10.2. The normalized spacial score (nSPS) is 11.8. The summed E-state index contributed by atoms with van der Waals surface area (Å²) in [7, 11) is 0. The molecule has 1 rings (SSSR count). The number of halogens is 1. The van der Waals surface area contributed by atoms with Gasteiger partial charge < -0.3 is 0 Å². The van der Waals surface area contributed by atoms with Crippen LogP contribution in [0.5, 0.6) is 0 Å². The number of hydrogen-bond acceptors (Lipinski definition) is 1. The van der Waals surface area contributed by atoms with Crippen LogP contribution in [0.2, 0.25) is 5.02 Å². The van der Waals surface area contributed by atoms with Gasteiger partial charge in [-0.05, 0) is 44.0 Å². The second kappa shape index (κ2) is 4.43. The molecule has 70 valence electrons. The van der Waals surface area contributed by atoms with Crippen LogP contribution >= 0.6 is 11.6 Å². The lowest BCUT2D eigenvalue weighted by Gasteiger charge is -2.01. The van der Waals surface area contributed by atoms with Gasteiger partial charge in [-0.1, -0.05) is 18.5 Å². The van der Waals surface area contributed by atoms with Crippen LogP contribution in [0.4, 0.5) is 5.69 Å². The van der Waals surface area contributed by atoms with E-state index in [1.165, 1.54) is 0 Å². The van der Waals surface area contributed by atoms with Crippen molar-refractivity contribution in [3.05, 3.63) is 28.8 Å². The monoisotopic (exact) mass is 195 g/mol. The van der Waals surface area contributed by atoms with Crippen LogP contribution in [-0.2, 0) is 0 Å². The fraction of sp³-hybridized carbons (Fsp3) is 0.364. The van der Waals surface area contributed by atoms with Crippen LogP contribution < -0.4 is 0 Å². The van der Waals surface area contributed by atoms with E-state index in [0.717, 1.165) is 28.4 Å². The number of rotatable bonds is 2. The van der Waals surface area contributed by atoms with E-state index < -0.39 is 0 Å². The minimum atomic E-state index is 0.769. The van der Waals surface area contributed by atoms with E-state index in [9.17, 15) is 0 Å². The highest BCUT2D eigenvalue weighted by molar-refractivity contribution is 6.30. The van der Waals surface area contributed by atoms with E-state index >= 15 is 0 Å². The van der Waals surface area contributed by atoms with Crippen molar-refractivity contribution in [1.82, 2.24) is 0 Å². The number of hydrogen-bond donors (Lipinski definition) is 0. The standard InChI is InChI=1S/C11H14ClN/c1-4-9(3)13-11-6-5-10(12)7-8(11)2/h5-7H,4H2,1-3H3.